The van der Waals surface area contributed by atoms with Crippen LogP contribution in [0.4, 0.5) is 21.3 Å². The number of ether oxygens (including phenoxy) is 1. The van der Waals surface area contributed by atoms with Gasteiger partial charge in [-0.05, 0) is 31.2 Å². The average Bonchev–Trinajstić information content (AvgIpc) is 3.27. The summed E-state index contributed by atoms with van der Waals surface area (Å²) in [5, 5.41) is 6.08. The molecular formula is C23H35N7O4S2. The van der Waals surface area contributed by atoms with Gasteiger partial charge in [0.2, 0.25) is 0 Å². The van der Waals surface area contributed by atoms with Crippen LogP contribution >= 0.6 is 11.3 Å². The summed E-state index contributed by atoms with van der Waals surface area (Å²) in [7, 11) is -0.620. The van der Waals surface area contributed by atoms with Crippen LogP contribution in [0.1, 0.15) is 19.5 Å². The van der Waals surface area contributed by atoms with Crippen LogP contribution in [-0.2, 0) is 21.3 Å². The number of sulfonamides is 1. The third-order valence-electron chi connectivity index (χ3n) is 5.62. The molecule has 36 heavy (non-hydrogen) atoms. The van der Waals surface area contributed by atoms with Crippen LogP contribution in [0.5, 0.6) is 0 Å². The maximum Gasteiger partial charge on any atom is 0.327 e. The molecule has 2 N–H and O–H groups in total. The lowest BCUT2D eigenvalue weighted by Crippen LogP contribution is -2.36. The number of nitrogens with zero attached hydrogens (tertiary/aromatic N) is 5. The Morgan fingerprint density at radius 1 is 1.19 bits per heavy atom. The molecule has 0 saturated carbocycles. The molecule has 1 aliphatic rings. The number of likely N-dealkylation sites (N-methyl/N-ethyl adjacent to an activating group) is 1. The summed E-state index contributed by atoms with van der Waals surface area (Å²) >= 11 is 0.980. The van der Waals surface area contributed by atoms with E-state index in [-0.39, 0.29) is 4.21 Å². The number of benzene rings is 1. The second kappa shape index (κ2) is 12.4. The zero-order valence-electron chi connectivity index (χ0n) is 21.4. The molecule has 0 spiro atoms. The van der Waals surface area contributed by atoms with Crippen LogP contribution < -0.4 is 15.1 Å². The second-order valence-corrected chi connectivity index (χ2v) is 11.2. The lowest BCUT2D eigenvalue weighted by Gasteiger charge is -2.29. The summed E-state index contributed by atoms with van der Waals surface area (Å²) in [5.41, 5.74) is 2.08. The number of aromatic nitrogens is 3. The maximum atomic E-state index is 13.0. The number of carbonyl (C=O) groups is 1. The molecule has 0 radical (unpaired) electrons. The quantitative estimate of drug-likeness (QED) is 0.455. The highest BCUT2D eigenvalue weighted by Gasteiger charge is 2.28. The summed E-state index contributed by atoms with van der Waals surface area (Å²) in [6.07, 6.45) is 3.60. The lowest BCUT2D eigenvalue weighted by molar-refractivity contribution is 0.122. The van der Waals surface area contributed by atoms with Gasteiger partial charge in [-0.2, -0.15) is 4.31 Å². The summed E-state index contributed by atoms with van der Waals surface area (Å²) in [4.78, 5) is 20.7. The summed E-state index contributed by atoms with van der Waals surface area (Å²) < 4.78 is 34.7. The standard InChI is InChI=1S/C21H29N7O4S2.C2H6/c1-16-19(34(30,31)25(2)10-11-28-9-8-22-28)33-21(23-16)26(3)20(29)24-17-4-6-18(7-5-17)27-12-14-32-15-13-27;1-2/h4-9,22H,10-15H2,1-3H3,(H,24,29);1-2H3. The number of aromatic amines is 1. The second-order valence-electron chi connectivity index (χ2n) is 7.97. The Bertz CT molecular complexity index is 1200. The van der Waals surface area contributed by atoms with Gasteiger partial charge in [0.15, 0.2) is 9.34 Å². The zero-order valence-corrected chi connectivity index (χ0v) is 23.0. The Morgan fingerprint density at radius 3 is 2.42 bits per heavy atom. The van der Waals surface area contributed by atoms with Crippen LogP contribution in [0.25, 0.3) is 0 Å². The fourth-order valence-electron chi connectivity index (χ4n) is 3.45. The first kappa shape index (κ1) is 27.7. The Morgan fingerprint density at radius 2 is 1.83 bits per heavy atom. The van der Waals surface area contributed by atoms with E-state index in [1.165, 1.54) is 16.3 Å². The van der Waals surface area contributed by atoms with E-state index in [1.54, 1.807) is 24.9 Å². The van der Waals surface area contributed by atoms with Crippen molar-refractivity contribution in [2.45, 2.75) is 31.5 Å². The SMILES string of the molecule is CC.Cc1nc(N(C)C(=O)Nc2ccc(N3CCOCC3)cc2)sc1S(=O)(=O)N(C)CCn1cc[nH]1. The number of urea groups is 1. The highest BCUT2D eigenvalue weighted by atomic mass is 32.2. The summed E-state index contributed by atoms with van der Waals surface area (Å²) in [5.74, 6) is 0. The number of nitrogens with one attached hydrogen (secondary N) is 2. The van der Waals surface area contributed by atoms with E-state index < -0.39 is 16.1 Å². The van der Waals surface area contributed by atoms with Gasteiger partial charge in [0, 0.05) is 57.5 Å². The number of hydrogen-bond donors (Lipinski definition) is 2. The Balaban J connectivity index is 0.00000176. The van der Waals surface area contributed by atoms with E-state index >= 15 is 0 Å². The van der Waals surface area contributed by atoms with E-state index in [4.69, 9.17) is 4.74 Å². The predicted molar refractivity (Wildman–Crippen MR) is 144 cm³/mol. The Hall–Kier alpha value is -2.87. The number of H-pyrrole nitrogens is 1. The van der Waals surface area contributed by atoms with E-state index in [0.717, 1.165) is 30.1 Å². The molecule has 0 unspecified atom stereocenters. The molecule has 3 heterocycles. The van der Waals surface area contributed by atoms with Gasteiger partial charge in [-0.1, -0.05) is 25.2 Å². The van der Waals surface area contributed by atoms with Gasteiger partial charge in [-0.25, -0.2) is 18.2 Å². The lowest BCUT2D eigenvalue weighted by atomic mass is 10.2. The van der Waals surface area contributed by atoms with Crippen molar-refractivity contribution in [2.75, 3.05) is 62.1 Å². The van der Waals surface area contributed by atoms with Crippen molar-refractivity contribution < 1.29 is 17.9 Å². The number of anilines is 3. The van der Waals surface area contributed by atoms with Crippen LogP contribution in [0, 0.1) is 6.92 Å². The third kappa shape index (κ3) is 6.46. The molecule has 198 valence electrons. The van der Waals surface area contributed by atoms with Crippen LogP contribution in [0.15, 0.2) is 40.9 Å². The highest BCUT2D eigenvalue weighted by Crippen LogP contribution is 2.31. The van der Waals surface area contributed by atoms with Crippen LogP contribution in [0.2, 0.25) is 0 Å². The molecule has 1 aliphatic heterocycles. The largest absolute Gasteiger partial charge is 0.378 e. The molecule has 11 nitrogen and oxygen atoms in total. The van der Waals surface area contributed by atoms with Crippen molar-refractivity contribution in [2.24, 2.45) is 0 Å². The Labute approximate surface area is 216 Å². The van der Waals surface area contributed by atoms with Crippen molar-refractivity contribution in [3.63, 3.8) is 0 Å². The van der Waals surface area contributed by atoms with Crippen molar-refractivity contribution in [3.8, 4) is 0 Å². The van der Waals surface area contributed by atoms with Gasteiger partial charge in [0.05, 0.1) is 25.5 Å². The minimum atomic E-state index is -3.72. The smallest absolute Gasteiger partial charge is 0.327 e. The van der Waals surface area contributed by atoms with E-state index in [9.17, 15) is 13.2 Å². The van der Waals surface area contributed by atoms with E-state index in [2.05, 4.69) is 20.3 Å². The minimum Gasteiger partial charge on any atom is -0.378 e. The monoisotopic (exact) mass is 537 g/mol. The fraction of sp³-hybridized carbons (Fsp3) is 0.478. The molecule has 13 heteroatoms. The molecule has 1 fully saturated rings. The molecule has 2 amide bonds. The van der Waals surface area contributed by atoms with Gasteiger partial charge in [0.25, 0.3) is 10.0 Å². The molecule has 3 aromatic rings. The number of aryl methyl sites for hydroxylation is 1. The van der Waals surface area contributed by atoms with Gasteiger partial charge < -0.3 is 20.1 Å². The normalized spacial score (nSPS) is 13.9. The van der Waals surface area contributed by atoms with Gasteiger partial charge in [-0.3, -0.25) is 9.58 Å². The first-order valence-corrected chi connectivity index (χ1v) is 14.1. The third-order valence-corrected chi connectivity index (χ3v) is 9.30. The van der Waals surface area contributed by atoms with E-state index in [1.807, 2.05) is 44.3 Å². The summed E-state index contributed by atoms with van der Waals surface area (Å²) in [6.45, 7) is 9.55. The van der Waals surface area contributed by atoms with Crippen LogP contribution in [-0.4, -0.2) is 80.5 Å². The molecular weight excluding hydrogens is 502 g/mol. The van der Waals surface area contributed by atoms with E-state index in [0.29, 0.717) is 42.8 Å². The number of carbonyl (C=O) groups excluding carboxylic acids is 1. The first-order chi connectivity index (χ1) is 17.3. The molecule has 4 rings (SSSR count). The predicted octanol–water partition coefficient (Wildman–Crippen LogP) is 3.43. The average molecular weight is 538 g/mol. The minimum absolute atomic E-state index is 0.131. The number of rotatable bonds is 8. The number of hydrogen-bond acceptors (Lipinski definition) is 7. The maximum absolute atomic E-state index is 13.0. The van der Waals surface area contributed by atoms with Crippen molar-refractivity contribution in [1.29, 1.82) is 0 Å². The van der Waals surface area contributed by atoms with Gasteiger partial charge >= 0.3 is 6.03 Å². The number of thiazole rings is 1. The topological polar surface area (TPSA) is 116 Å². The first-order valence-electron chi connectivity index (χ1n) is 11.9. The van der Waals surface area contributed by atoms with Gasteiger partial charge in [-0.15, -0.1) is 0 Å². The van der Waals surface area contributed by atoms with Gasteiger partial charge in [0.1, 0.15) is 0 Å². The fourth-order valence-corrected chi connectivity index (χ4v) is 6.26. The zero-order chi connectivity index (χ0) is 26.3. The number of morpholine rings is 1. The molecule has 2 aromatic heterocycles. The highest BCUT2D eigenvalue weighted by molar-refractivity contribution is 7.91. The summed E-state index contributed by atoms with van der Waals surface area (Å²) in [6, 6.07) is 7.20. The molecule has 1 aromatic carbocycles. The molecule has 0 aliphatic carbocycles. The molecule has 0 bridgehead atoms. The Kier molecular flexibility index (Phi) is 9.54. The van der Waals surface area contributed by atoms with Crippen molar-refractivity contribution >= 4 is 43.9 Å². The number of amides is 2. The van der Waals surface area contributed by atoms with Crippen molar-refractivity contribution in [3.05, 3.63) is 42.4 Å². The molecule has 0 atom stereocenters. The van der Waals surface area contributed by atoms with Crippen molar-refractivity contribution in [1.82, 2.24) is 19.1 Å². The molecule has 1 saturated heterocycles. The van der Waals surface area contributed by atoms with Crippen LogP contribution in [0.3, 0.4) is 0 Å².